The van der Waals surface area contributed by atoms with E-state index in [1.165, 1.54) is 0 Å². The minimum absolute atomic E-state index is 0.00726. The van der Waals surface area contributed by atoms with Crippen LogP contribution >= 0.6 is 11.6 Å². The van der Waals surface area contributed by atoms with E-state index in [-0.39, 0.29) is 18.6 Å². The number of benzene rings is 1. The summed E-state index contributed by atoms with van der Waals surface area (Å²) in [6.07, 6.45) is 0. The number of para-hydroxylation sites is 1. The Balaban J connectivity index is 2.00. The van der Waals surface area contributed by atoms with Gasteiger partial charge in [0.25, 0.3) is 0 Å². The zero-order chi connectivity index (χ0) is 18.7. The first-order valence-corrected chi connectivity index (χ1v) is 8.54. The molecule has 3 aromatic rings. The number of pyridine rings is 1. The van der Waals surface area contributed by atoms with E-state index in [0.717, 1.165) is 10.9 Å². The number of fused-ring (bicyclic) bond motifs is 1. The predicted octanol–water partition coefficient (Wildman–Crippen LogP) is 2.54. The lowest BCUT2D eigenvalue weighted by Crippen LogP contribution is -2.16. The van der Waals surface area contributed by atoms with Gasteiger partial charge in [-0.3, -0.25) is 0 Å². The van der Waals surface area contributed by atoms with Crippen molar-refractivity contribution in [2.45, 2.75) is 19.9 Å². The lowest BCUT2D eigenvalue weighted by atomic mass is 10.1. The quantitative estimate of drug-likeness (QED) is 0.520. The van der Waals surface area contributed by atoms with Crippen LogP contribution in [-0.4, -0.2) is 38.2 Å². The molecule has 9 heteroatoms. The molecule has 0 saturated heterocycles. The number of hydrogen-bond donors (Lipinski definition) is 4. The molecule has 2 heterocycles. The number of aromatic nitrogens is 4. The van der Waals surface area contributed by atoms with Crippen LogP contribution in [0.25, 0.3) is 10.9 Å². The highest BCUT2D eigenvalue weighted by Crippen LogP contribution is 2.30. The normalized spacial score (nSPS) is 12.2. The third-order valence-electron chi connectivity index (χ3n) is 3.81. The molecule has 2 aromatic heterocycles. The molecule has 0 aliphatic heterocycles. The summed E-state index contributed by atoms with van der Waals surface area (Å²) < 4.78 is 0. The van der Waals surface area contributed by atoms with E-state index < -0.39 is 0 Å². The van der Waals surface area contributed by atoms with Crippen LogP contribution in [0.1, 0.15) is 24.4 Å². The Morgan fingerprint density at radius 3 is 2.77 bits per heavy atom. The minimum Gasteiger partial charge on any atom is -0.395 e. The smallest absolute Gasteiger partial charge is 0.228 e. The molecule has 1 aromatic carbocycles. The van der Waals surface area contributed by atoms with Gasteiger partial charge >= 0.3 is 0 Å². The Bertz CT molecular complexity index is 914. The second kappa shape index (κ2) is 7.67. The van der Waals surface area contributed by atoms with Crippen molar-refractivity contribution in [3.8, 4) is 0 Å². The van der Waals surface area contributed by atoms with Gasteiger partial charge in [0.05, 0.1) is 23.2 Å². The molecule has 3 rings (SSSR count). The molecule has 26 heavy (non-hydrogen) atoms. The topological polar surface area (TPSA) is 122 Å². The zero-order valence-corrected chi connectivity index (χ0v) is 15.2. The van der Waals surface area contributed by atoms with E-state index in [4.69, 9.17) is 22.4 Å². The first-order valence-electron chi connectivity index (χ1n) is 8.16. The minimum atomic E-state index is -0.173. The maximum atomic E-state index is 9.15. The second-order valence-electron chi connectivity index (χ2n) is 5.82. The first-order chi connectivity index (χ1) is 12.5. The van der Waals surface area contributed by atoms with E-state index in [1.54, 1.807) is 13.0 Å². The standard InChI is InChI=1S/C17H20ClN7O/c1-9(21-17-23-10(2)22-16(19)25-17)12-8-11-4-3-5-13(18)14(11)24-15(12)20-6-7-26/h3-5,8-9,26H,6-7H2,1-2H3,(H,20,24)(H3,19,21,22,23,25). The van der Waals surface area contributed by atoms with E-state index in [9.17, 15) is 0 Å². The van der Waals surface area contributed by atoms with E-state index in [0.29, 0.717) is 34.7 Å². The monoisotopic (exact) mass is 373 g/mol. The third-order valence-corrected chi connectivity index (χ3v) is 4.11. The summed E-state index contributed by atoms with van der Waals surface area (Å²) in [6.45, 7) is 4.09. The molecule has 0 fully saturated rings. The van der Waals surface area contributed by atoms with Crippen LogP contribution in [0.2, 0.25) is 5.02 Å². The zero-order valence-electron chi connectivity index (χ0n) is 14.5. The number of aliphatic hydroxyl groups is 1. The van der Waals surface area contributed by atoms with Gasteiger partial charge in [0.15, 0.2) is 0 Å². The van der Waals surface area contributed by atoms with Gasteiger partial charge < -0.3 is 21.5 Å². The Labute approximate surface area is 155 Å². The fraction of sp³-hybridized carbons (Fsp3) is 0.294. The van der Waals surface area contributed by atoms with Crippen LogP contribution in [0.4, 0.5) is 17.7 Å². The van der Waals surface area contributed by atoms with Crippen LogP contribution in [0.3, 0.4) is 0 Å². The highest BCUT2D eigenvalue weighted by atomic mass is 35.5. The van der Waals surface area contributed by atoms with Gasteiger partial charge in [0, 0.05) is 17.5 Å². The Morgan fingerprint density at radius 1 is 1.23 bits per heavy atom. The highest BCUT2D eigenvalue weighted by molar-refractivity contribution is 6.35. The Kier molecular flexibility index (Phi) is 5.34. The molecule has 0 saturated carbocycles. The van der Waals surface area contributed by atoms with E-state index >= 15 is 0 Å². The lowest BCUT2D eigenvalue weighted by Gasteiger charge is -2.19. The van der Waals surface area contributed by atoms with Crippen molar-refractivity contribution < 1.29 is 5.11 Å². The fourth-order valence-electron chi connectivity index (χ4n) is 2.66. The summed E-state index contributed by atoms with van der Waals surface area (Å²) in [7, 11) is 0. The molecule has 0 spiro atoms. The molecule has 0 radical (unpaired) electrons. The van der Waals surface area contributed by atoms with Crippen molar-refractivity contribution >= 4 is 40.2 Å². The predicted molar refractivity (Wildman–Crippen MR) is 103 cm³/mol. The van der Waals surface area contributed by atoms with E-state index in [2.05, 4.69) is 30.6 Å². The van der Waals surface area contributed by atoms with Crippen LogP contribution in [0, 0.1) is 6.92 Å². The third kappa shape index (κ3) is 3.92. The van der Waals surface area contributed by atoms with Crippen molar-refractivity contribution in [1.29, 1.82) is 0 Å². The Morgan fingerprint density at radius 2 is 2.04 bits per heavy atom. The number of nitrogen functional groups attached to an aromatic ring is 1. The molecular weight excluding hydrogens is 354 g/mol. The van der Waals surface area contributed by atoms with Gasteiger partial charge in [0.1, 0.15) is 11.6 Å². The molecule has 5 N–H and O–H groups in total. The Hall–Kier alpha value is -2.71. The first kappa shape index (κ1) is 18.1. The number of aryl methyl sites for hydroxylation is 1. The van der Waals surface area contributed by atoms with Crippen LogP contribution in [-0.2, 0) is 0 Å². The van der Waals surface area contributed by atoms with Gasteiger partial charge in [-0.25, -0.2) is 4.98 Å². The summed E-state index contributed by atoms with van der Waals surface area (Å²) in [5.74, 6) is 1.73. The summed E-state index contributed by atoms with van der Waals surface area (Å²) in [4.78, 5) is 17.0. The maximum Gasteiger partial charge on any atom is 0.228 e. The fourth-order valence-corrected chi connectivity index (χ4v) is 2.89. The summed E-state index contributed by atoms with van der Waals surface area (Å²) in [5.41, 5.74) is 7.28. The molecule has 8 nitrogen and oxygen atoms in total. The van der Waals surface area contributed by atoms with Crippen molar-refractivity contribution in [3.05, 3.63) is 40.7 Å². The highest BCUT2D eigenvalue weighted by Gasteiger charge is 2.16. The van der Waals surface area contributed by atoms with E-state index in [1.807, 2.05) is 25.1 Å². The van der Waals surface area contributed by atoms with Crippen LogP contribution in [0.15, 0.2) is 24.3 Å². The SMILES string of the molecule is Cc1nc(N)nc(NC(C)c2cc3cccc(Cl)c3nc2NCCO)n1. The number of anilines is 3. The molecule has 0 bridgehead atoms. The molecule has 1 atom stereocenters. The number of aliphatic hydroxyl groups excluding tert-OH is 1. The largest absolute Gasteiger partial charge is 0.395 e. The number of rotatable bonds is 6. The van der Waals surface area contributed by atoms with Crippen molar-refractivity contribution in [2.24, 2.45) is 0 Å². The average molecular weight is 374 g/mol. The molecule has 0 aliphatic carbocycles. The molecular formula is C17H20ClN7O. The number of nitrogens with one attached hydrogen (secondary N) is 2. The van der Waals surface area contributed by atoms with Gasteiger partial charge in [-0.05, 0) is 26.0 Å². The molecule has 136 valence electrons. The molecule has 0 amide bonds. The van der Waals surface area contributed by atoms with Crippen molar-refractivity contribution in [2.75, 3.05) is 29.5 Å². The number of halogens is 1. The lowest BCUT2D eigenvalue weighted by molar-refractivity contribution is 0.311. The van der Waals surface area contributed by atoms with Crippen LogP contribution < -0.4 is 16.4 Å². The molecule has 0 aliphatic rings. The van der Waals surface area contributed by atoms with Gasteiger partial charge in [-0.1, -0.05) is 23.7 Å². The summed E-state index contributed by atoms with van der Waals surface area (Å²) in [6, 6.07) is 7.46. The average Bonchev–Trinajstić information content (AvgIpc) is 2.58. The summed E-state index contributed by atoms with van der Waals surface area (Å²) in [5, 5.41) is 17.0. The van der Waals surface area contributed by atoms with Gasteiger partial charge in [-0.15, -0.1) is 0 Å². The maximum absolute atomic E-state index is 9.15. The molecule has 1 unspecified atom stereocenters. The van der Waals surface area contributed by atoms with Crippen LogP contribution in [0.5, 0.6) is 0 Å². The van der Waals surface area contributed by atoms with Crippen molar-refractivity contribution in [1.82, 2.24) is 19.9 Å². The number of nitrogens with zero attached hydrogens (tertiary/aromatic N) is 4. The number of hydrogen-bond acceptors (Lipinski definition) is 8. The summed E-state index contributed by atoms with van der Waals surface area (Å²) >= 11 is 6.26. The second-order valence-corrected chi connectivity index (χ2v) is 6.23. The van der Waals surface area contributed by atoms with Gasteiger partial charge in [-0.2, -0.15) is 15.0 Å². The van der Waals surface area contributed by atoms with Crippen molar-refractivity contribution in [3.63, 3.8) is 0 Å². The van der Waals surface area contributed by atoms with Gasteiger partial charge in [0.2, 0.25) is 11.9 Å². The number of nitrogens with two attached hydrogens (primary N) is 1.